The van der Waals surface area contributed by atoms with Crippen molar-refractivity contribution in [1.82, 2.24) is 0 Å². The van der Waals surface area contributed by atoms with E-state index in [0.29, 0.717) is 23.9 Å². The first-order valence-electron chi connectivity index (χ1n) is 31.7. The predicted octanol–water partition coefficient (Wildman–Crippen LogP) is 17.8. The molecule has 0 aromatic heterocycles. The van der Waals surface area contributed by atoms with Crippen molar-refractivity contribution in [2.45, 2.75) is 283 Å². The molecule has 9 nitrogen and oxygen atoms in total. The van der Waals surface area contributed by atoms with Gasteiger partial charge < -0.3 is 33.3 Å². The number of rotatable bonds is 58. The van der Waals surface area contributed by atoms with E-state index in [9.17, 15) is 19.5 Å². The van der Waals surface area contributed by atoms with E-state index in [1.165, 1.54) is 173 Å². The molecule has 0 fully saturated rings. The zero-order valence-electron chi connectivity index (χ0n) is 50.6. The number of aliphatic carboxylic acids is 1. The smallest absolute Gasteiger partial charge is 0.306 e. The van der Waals surface area contributed by atoms with E-state index in [2.05, 4.69) is 98.9 Å². The fraction of sp³-hybridized carbons (Fsp3) is 0.750. The van der Waals surface area contributed by atoms with Crippen molar-refractivity contribution in [1.29, 1.82) is 0 Å². The van der Waals surface area contributed by atoms with Crippen molar-refractivity contribution in [2.24, 2.45) is 0 Å². The van der Waals surface area contributed by atoms with Gasteiger partial charge in [0.1, 0.15) is 13.2 Å². The van der Waals surface area contributed by atoms with Crippen LogP contribution < -0.4 is 5.11 Å². The van der Waals surface area contributed by atoms with Gasteiger partial charge >= 0.3 is 11.9 Å². The van der Waals surface area contributed by atoms with Gasteiger partial charge in [0.05, 0.1) is 40.3 Å². The third-order valence-corrected chi connectivity index (χ3v) is 13.6. The molecule has 0 saturated carbocycles. The molecule has 0 aliphatic heterocycles. The Balaban J connectivity index is 4.08. The van der Waals surface area contributed by atoms with Crippen molar-refractivity contribution in [2.75, 3.05) is 47.5 Å². The highest BCUT2D eigenvalue weighted by Gasteiger charge is 2.22. The van der Waals surface area contributed by atoms with E-state index in [0.717, 1.165) is 57.8 Å². The largest absolute Gasteiger partial charge is 0.545 e. The van der Waals surface area contributed by atoms with Crippen molar-refractivity contribution >= 4 is 17.9 Å². The van der Waals surface area contributed by atoms with Gasteiger partial charge in [-0.1, -0.05) is 259 Å². The molecule has 0 rings (SSSR count). The summed E-state index contributed by atoms with van der Waals surface area (Å²) >= 11 is 0. The summed E-state index contributed by atoms with van der Waals surface area (Å²) in [5, 5.41) is 11.8. The summed E-state index contributed by atoms with van der Waals surface area (Å²) in [7, 11) is 5.90. The number of carbonyl (C=O) groups excluding carboxylic acids is 3. The third-order valence-electron chi connectivity index (χ3n) is 13.6. The maximum Gasteiger partial charge on any atom is 0.306 e. The molecular weight excluding hydrogens is 959 g/mol. The Morgan fingerprint density at radius 2 is 0.753 bits per heavy atom. The monoisotopic (exact) mass is 1080 g/mol. The van der Waals surface area contributed by atoms with E-state index in [1.807, 2.05) is 21.1 Å². The van der Waals surface area contributed by atoms with Crippen LogP contribution in [0.2, 0.25) is 0 Å². The second-order valence-electron chi connectivity index (χ2n) is 22.3. The van der Waals surface area contributed by atoms with Crippen LogP contribution >= 0.6 is 0 Å². The van der Waals surface area contributed by atoms with Crippen LogP contribution in [0.3, 0.4) is 0 Å². The maximum absolute atomic E-state index is 12.8. The summed E-state index contributed by atoms with van der Waals surface area (Å²) in [6.45, 7) is 4.57. The fourth-order valence-corrected chi connectivity index (χ4v) is 8.78. The Labute approximate surface area is 474 Å². The first kappa shape index (κ1) is 73.5. The lowest BCUT2D eigenvalue weighted by Crippen LogP contribution is -2.44. The van der Waals surface area contributed by atoms with Gasteiger partial charge in [-0.25, -0.2) is 0 Å². The number of nitrogens with zero attached hydrogens (tertiary/aromatic N) is 1. The average Bonchev–Trinajstić information content (AvgIpc) is 3.40. The van der Waals surface area contributed by atoms with Crippen molar-refractivity contribution in [3.63, 3.8) is 0 Å². The summed E-state index contributed by atoms with van der Waals surface area (Å²) < 4.78 is 22.6. The lowest BCUT2D eigenvalue weighted by molar-refractivity contribution is -0.870. The Bertz CT molecular complexity index is 1540. The molecule has 0 aliphatic carbocycles. The van der Waals surface area contributed by atoms with E-state index in [-0.39, 0.29) is 38.6 Å². The van der Waals surface area contributed by atoms with Crippen LogP contribution in [0.4, 0.5) is 0 Å². The van der Waals surface area contributed by atoms with Gasteiger partial charge in [-0.2, -0.15) is 0 Å². The lowest BCUT2D eigenvalue weighted by Gasteiger charge is -2.26. The number of likely N-dealkylation sites (N-methyl/N-ethyl adjacent to an activating group) is 1. The highest BCUT2D eigenvalue weighted by atomic mass is 16.7. The number of hydrogen-bond donors (Lipinski definition) is 0. The number of carbonyl (C=O) groups is 3. The van der Waals surface area contributed by atoms with Crippen LogP contribution in [0.25, 0.3) is 0 Å². The molecular formula is C68H119NO8. The van der Waals surface area contributed by atoms with Crippen molar-refractivity contribution in [3.8, 4) is 0 Å². The van der Waals surface area contributed by atoms with Crippen LogP contribution in [0, 0.1) is 0 Å². The Hall–Kier alpha value is -3.53. The molecule has 0 aromatic carbocycles. The summed E-state index contributed by atoms with van der Waals surface area (Å²) in [6.07, 6.45) is 75.4. The number of esters is 2. The minimum Gasteiger partial charge on any atom is -0.545 e. The van der Waals surface area contributed by atoms with Gasteiger partial charge in [-0.3, -0.25) is 9.59 Å². The first-order chi connectivity index (χ1) is 37.6. The number of unbranched alkanes of at least 4 members (excludes halogenated alkanes) is 29. The number of carboxylic acids is 1. The van der Waals surface area contributed by atoms with Gasteiger partial charge in [0.25, 0.3) is 0 Å². The molecule has 2 atom stereocenters. The summed E-state index contributed by atoms with van der Waals surface area (Å²) in [6, 6.07) is 0. The minimum absolute atomic E-state index is 0.135. The van der Waals surface area contributed by atoms with Gasteiger partial charge in [-0.05, 0) is 83.5 Å². The summed E-state index contributed by atoms with van der Waals surface area (Å²) in [4.78, 5) is 37.3. The Morgan fingerprint density at radius 1 is 0.403 bits per heavy atom. The van der Waals surface area contributed by atoms with E-state index in [1.54, 1.807) is 0 Å². The number of hydrogen-bond acceptors (Lipinski definition) is 8. The number of allylic oxidation sites excluding steroid dienone is 14. The predicted molar refractivity (Wildman–Crippen MR) is 324 cm³/mol. The molecule has 0 aromatic rings. The highest BCUT2D eigenvalue weighted by Crippen LogP contribution is 2.17. The minimum atomic E-state index is -1.64. The quantitative estimate of drug-likeness (QED) is 0.0195. The van der Waals surface area contributed by atoms with E-state index >= 15 is 0 Å². The average molecular weight is 1080 g/mol. The number of ether oxygens (including phenoxy) is 4. The van der Waals surface area contributed by atoms with Crippen molar-refractivity contribution < 1.29 is 42.9 Å². The molecule has 2 unspecified atom stereocenters. The second kappa shape index (κ2) is 58.6. The molecule has 444 valence electrons. The normalized spacial score (nSPS) is 13.3. The third kappa shape index (κ3) is 60.0. The SMILES string of the molecule is CC/C=C\C/C=C\C/C=C\C/C=C\C/C=C\CCCC(=O)OC(COC(=O)CCCCCCCCCCCCCCCCCCCCCCCCC/C=C\C/C=C\CCCCCCC)COC(OCC[N+](C)(C)C)C(=O)[O-]. The molecule has 0 bridgehead atoms. The molecule has 0 heterocycles. The van der Waals surface area contributed by atoms with Crippen LogP contribution in [-0.2, 0) is 33.3 Å². The summed E-state index contributed by atoms with van der Waals surface area (Å²) in [5.41, 5.74) is 0. The second-order valence-corrected chi connectivity index (χ2v) is 22.3. The van der Waals surface area contributed by atoms with Gasteiger partial charge in [0.2, 0.25) is 0 Å². The molecule has 0 saturated heterocycles. The zero-order valence-corrected chi connectivity index (χ0v) is 50.6. The van der Waals surface area contributed by atoms with Gasteiger partial charge in [0.15, 0.2) is 12.4 Å². The van der Waals surface area contributed by atoms with Crippen LogP contribution in [0.1, 0.15) is 271 Å². The Kier molecular flexibility index (Phi) is 55.9. The lowest BCUT2D eigenvalue weighted by atomic mass is 10.0. The molecule has 0 spiro atoms. The maximum atomic E-state index is 12.8. The Morgan fingerprint density at radius 3 is 1.14 bits per heavy atom. The standard InChI is InChI=1S/C68H119NO8/c1-6-8-10-12-14-16-18-20-22-24-25-26-27-28-29-30-31-32-33-34-35-36-37-38-39-40-41-43-44-46-48-50-52-54-56-58-65(70)75-62-64(63-76-68(67(72)73)74-61-60-69(3,4)5)77-66(71)59-57-55-53-51-49-47-45-42-23-21-19-17-15-13-11-9-7-2/h9,11,15,17-18,20-21,23-25,45,47,51,53,64,68H,6-8,10,12-14,16,19,22,26-44,46,48-50,52,54-63H2,1-5H3/b11-9-,17-15-,20-18-,23-21-,25-24-,47-45-,53-51-. The molecule has 0 aliphatic rings. The topological polar surface area (TPSA) is 111 Å². The summed E-state index contributed by atoms with van der Waals surface area (Å²) in [5.74, 6) is -2.36. The molecule has 0 N–H and O–H groups in total. The molecule has 0 radical (unpaired) electrons. The van der Waals surface area contributed by atoms with E-state index in [4.69, 9.17) is 18.9 Å². The first-order valence-corrected chi connectivity index (χ1v) is 31.7. The fourth-order valence-electron chi connectivity index (χ4n) is 8.78. The van der Waals surface area contributed by atoms with Crippen LogP contribution in [0.5, 0.6) is 0 Å². The van der Waals surface area contributed by atoms with Crippen LogP contribution in [0.15, 0.2) is 85.1 Å². The van der Waals surface area contributed by atoms with Crippen molar-refractivity contribution in [3.05, 3.63) is 85.1 Å². The van der Waals surface area contributed by atoms with Crippen LogP contribution in [-0.4, -0.2) is 82.3 Å². The van der Waals surface area contributed by atoms with E-state index < -0.39 is 24.3 Å². The molecule has 77 heavy (non-hydrogen) atoms. The number of quaternary nitrogens is 1. The number of carboxylic acid groups (broad SMARTS) is 1. The molecule has 9 heteroatoms. The van der Waals surface area contributed by atoms with Gasteiger partial charge in [-0.15, -0.1) is 0 Å². The highest BCUT2D eigenvalue weighted by molar-refractivity contribution is 5.70. The zero-order chi connectivity index (χ0) is 56.2. The van der Waals surface area contributed by atoms with Gasteiger partial charge in [0, 0.05) is 12.8 Å². The molecule has 0 amide bonds.